The minimum atomic E-state index is -0.0692. The van der Waals surface area contributed by atoms with Gasteiger partial charge in [0, 0.05) is 19.1 Å². The molecule has 0 saturated carbocycles. The second-order valence-corrected chi connectivity index (χ2v) is 7.28. The van der Waals surface area contributed by atoms with Crippen LogP contribution in [0.1, 0.15) is 22.8 Å². The van der Waals surface area contributed by atoms with Crippen molar-refractivity contribution in [3.05, 3.63) is 66.7 Å². The van der Waals surface area contributed by atoms with E-state index in [1.807, 2.05) is 49.4 Å². The van der Waals surface area contributed by atoms with Crippen LogP contribution in [0.3, 0.4) is 0 Å². The van der Waals surface area contributed by atoms with Gasteiger partial charge < -0.3 is 5.32 Å². The molecule has 0 radical (unpaired) electrons. The Morgan fingerprint density at radius 1 is 1.33 bits per heavy atom. The van der Waals surface area contributed by atoms with Crippen LogP contribution in [0.25, 0.3) is 0 Å². The van der Waals surface area contributed by atoms with Crippen LogP contribution in [0, 0.1) is 3.57 Å². The molecule has 0 aliphatic carbocycles. The molecule has 5 heteroatoms. The van der Waals surface area contributed by atoms with Crippen LogP contribution in [-0.4, -0.2) is 11.9 Å². The van der Waals surface area contributed by atoms with Gasteiger partial charge in [0.15, 0.2) is 0 Å². The maximum atomic E-state index is 12.3. The molecule has 0 heterocycles. The Labute approximate surface area is 151 Å². The summed E-state index contributed by atoms with van der Waals surface area (Å²) in [7, 11) is 0. The molecule has 0 spiro atoms. The maximum absolute atomic E-state index is 12.3. The molecule has 2 rings (SSSR count). The molecule has 0 saturated heterocycles. The van der Waals surface area contributed by atoms with E-state index in [9.17, 15) is 4.79 Å². The summed E-state index contributed by atoms with van der Waals surface area (Å²) in [5.74, 6) is -0.0692. The van der Waals surface area contributed by atoms with Crippen molar-refractivity contribution in [1.82, 2.24) is 5.32 Å². The number of amides is 1. The third-order valence-corrected chi connectivity index (χ3v) is 4.84. The lowest BCUT2D eigenvalue weighted by Crippen LogP contribution is -2.34. The molecule has 21 heavy (non-hydrogen) atoms. The molecule has 0 aliphatic rings. The summed E-state index contributed by atoms with van der Waals surface area (Å²) in [6, 6.07) is 13.4. The first-order chi connectivity index (χ1) is 9.97. The zero-order valence-electron chi connectivity index (χ0n) is 11.4. The minimum absolute atomic E-state index is 0.00665. The fraction of sp³-hybridized carbons (Fsp3) is 0.188. The number of benzene rings is 2. The molecule has 1 unspecified atom stereocenters. The first-order valence-corrected chi connectivity index (χ1v) is 8.71. The van der Waals surface area contributed by atoms with Crippen molar-refractivity contribution >= 4 is 56.0 Å². The lowest BCUT2D eigenvalue weighted by Gasteiger charge is -2.15. The molecule has 1 amide bonds. The third-order valence-electron chi connectivity index (χ3n) is 3.03. The van der Waals surface area contributed by atoms with E-state index in [1.54, 1.807) is 0 Å². The quantitative estimate of drug-likeness (QED) is 0.611. The molecule has 2 aromatic rings. The predicted molar refractivity (Wildman–Crippen MR) is 98.9 cm³/mol. The van der Waals surface area contributed by atoms with E-state index < -0.39 is 0 Å². The Balaban J connectivity index is 2.06. The fourth-order valence-corrected chi connectivity index (χ4v) is 3.17. The highest BCUT2D eigenvalue weighted by atomic mass is 127. The highest BCUT2D eigenvalue weighted by molar-refractivity contribution is 14.1. The highest BCUT2D eigenvalue weighted by Crippen LogP contribution is 2.19. The lowest BCUT2D eigenvalue weighted by molar-refractivity contribution is 0.0939. The summed E-state index contributed by atoms with van der Waals surface area (Å²) in [5.41, 5.74) is 1.71. The Hall–Kier alpha value is -0.590. The minimum Gasteiger partial charge on any atom is -0.349 e. The highest BCUT2D eigenvalue weighted by Gasteiger charge is 2.14. The SMILES string of the molecule is CC(Cc1ccccc1Cl)NC(=O)c1cc(Br)ccc1I. The zero-order valence-corrected chi connectivity index (χ0v) is 15.9. The van der Waals surface area contributed by atoms with Gasteiger partial charge in [0.05, 0.1) is 5.56 Å². The zero-order chi connectivity index (χ0) is 15.4. The number of carbonyl (C=O) groups is 1. The van der Waals surface area contributed by atoms with Gasteiger partial charge in [-0.05, 0) is 65.8 Å². The number of rotatable bonds is 4. The summed E-state index contributed by atoms with van der Waals surface area (Å²) in [6.45, 7) is 1.98. The molecule has 1 atom stereocenters. The van der Waals surface area contributed by atoms with E-state index in [0.29, 0.717) is 12.0 Å². The van der Waals surface area contributed by atoms with E-state index in [0.717, 1.165) is 18.6 Å². The molecule has 2 nitrogen and oxygen atoms in total. The molecule has 0 fully saturated rings. The second-order valence-electron chi connectivity index (χ2n) is 4.79. The van der Waals surface area contributed by atoms with Gasteiger partial charge in [-0.3, -0.25) is 4.79 Å². The number of hydrogen-bond acceptors (Lipinski definition) is 1. The fourth-order valence-electron chi connectivity index (χ4n) is 2.02. The average molecular weight is 479 g/mol. The van der Waals surface area contributed by atoms with E-state index in [1.165, 1.54) is 0 Å². The number of carbonyl (C=O) groups excluding carboxylic acids is 1. The van der Waals surface area contributed by atoms with Gasteiger partial charge in [-0.15, -0.1) is 0 Å². The average Bonchev–Trinajstić information content (AvgIpc) is 2.44. The van der Waals surface area contributed by atoms with E-state index in [-0.39, 0.29) is 11.9 Å². The summed E-state index contributed by atoms with van der Waals surface area (Å²) < 4.78 is 1.82. The van der Waals surface area contributed by atoms with Gasteiger partial charge in [0.2, 0.25) is 0 Å². The van der Waals surface area contributed by atoms with Gasteiger partial charge >= 0.3 is 0 Å². The first kappa shape index (κ1) is 16.8. The monoisotopic (exact) mass is 477 g/mol. The van der Waals surface area contributed by atoms with Crippen molar-refractivity contribution in [2.45, 2.75) is 19.4 Å². The van der Waals surface area contributed by atoms with Crippen molar-refractivity contribution < 1.29 is 4.79 Å². The molecule has 0 aliphatic heterocycles. The third kappa shape index (κ3) is 4.69. The van der Waals surface area contributed by atoms with Crippen molar-refractivity contribution in [2.75, 3.05) is 0 Å². The molecular formula is C16H14BrClINO. The van der Waals surface area contributed by atoms with Crippen LogP contribution in [-0.2, 0) is 6.42 Å². The van der Waals surface area contributed by atoms with Crippen molar-refractivity contribution in [3.63, 3.8) is 0 Å². The Bertz CT molecular complexity index is 662. The largest absolute Gasteiger partial charge is 0.349 e. The van der Waals surface area contributed by atoms with Crippen molar-refractivity contribution in [1.29, 1.82) is 0 Å². The topological polar surface area (TPSA) is 29.1 Å². The summed E-state index contributed by atoms with van der Waals surface area (Å²) in [4.78, 5) is 12.3. The van der Waals surface area contributed by atoms with Gasteiger partial charge in [0.1, 0.15) is 0 Å². The van der Waals surface area contributed by atoms with Crippen LogP contribution >= 0.6 is 50.1 Å². The van der Waals surface area contributed by atoms with Crippen LogP contribution in [0.2, 0.25) is 5.02 Å². The second kappa shape index (κ2) is 7.61. The lowest BCUT2D eigenvalue weighted by atomic mass is 10.1. The summed E-state index contributed by atoms with van der Waals surface area (Å²) in [5, 5.41) is 3.75. The van der Waals surface area contributed by atoms with Gasteiger partial charge in [-0.25, -0.2) is 0 Å². The van der Waals surface area contributed by atoms with Crippen molar-refractivity contribution in [2.24, 2.45) is 0 Å². The first-order valence-electron chi connectivity index (χ1n) is 6.46. The van der Waals surface area contributed by atoms with Gasteiger partial charge in [-0.1, -0.05) is 45.7 Å². The molecule has 2 aromatic carbocycles. The summed E-state index contributed by atoms with van der Waals surface area (Å²) >= 11 is 11.7. The van der Waals surface area contributed by atoms with Crippen molar-refractivity contribution in [3.8, 4) is 0 Å². The predicted octanol–water partition coefficient (Wildman–Crippen LogP) is 5.07. The van der Waals surface area contributed by atoms with E-state index in [2.05, 4.69) is 43.8 Å². The van der Waals surface area contributed by atoms with Crippen LogP contribution < -0.4 is 5.32 Å². The Kier molecular flexibility index (Phi) is 6.08. The van der Waals surface area contributed by atoms with Gasteiger partial charge in [0.25, 0.3) is 5.91 Å². The Morgan fingerprint density at radius 2 is 2.05 bits per heavy atom. The Morgan fingerprint density at radius 3 is 2.76 bits per heavy atom. The van der Waals surface area contributed by atoms with Gasteiger partial charge in [-0.2, -0.15) is 0 Å². The molecule has 1 N–H and O–H groups in total. The van der Waals surface area contributed by atoms with Crippen LogP contribution in [0.4, 0.5) is 0 Å². The molecule has 0 aromatic heterocycles. The van der Waals surface area contributed by atoms with E-state index in [4.69, 9.17) is 11.6 Å². The smallest absolute Gasteiger partial charge is 0.252 e. The number of nitrogens with one attached hydrogen (secondary N) is 1. The normalized spacial score (nSPS) is 12.0. The molecule has 0 bridgehead atoms. The van der Waals surface area contributed by atoms with Crippen LogP contribution in [0.15, 0.2) is 46.9 Å². The summed E-state index contributed by atoms with van der Waals surface area (Å²) in [6.07, 6.45) is 0.704. The molecular weight excluding hydrogens is 464 g/mol. The molecule has 110 valence electrons. The van der Waals surface area contributed by atoms with Crippen LogP contribution in [0.5, 0.6) is 0 Å². The maximum Gasteiger partial charge on any atom is 0.252 e. The standard InChI is InChI=1S/C16H14BrClINO/c1-10(8-11-4-2-3-5-14(11)18)20-16(21)13-9-12(17)6-7-15(13)19/h2-7,9-10H,8H2,1H3,(H,20,21). The van der Waals surface area contributed by atoms with E-state index >= 15 is 0 Å². The number of hydrogen-bond donors (Lipinski definition) is 1. The number of halogens is 3.